The number of piperidine rings is 1. The first-order valence-corrected chi connectivity index (χ1v) is 9.83. The Morgan fingerprint density at radius 3 is 2.54 bits per heavy atom. The van der Waals surface area contributed by atoms with Gasteiger partial charge in [0.05, 0.1) is 0 Å². The maximum Gasteiger partial charge on any atom is 0.319 e. The van der Waals surface area contributed by atoms with Gasteiger partial charge in [-0.05, 0) is 54.6 Å². The van der Waals surface area contributed by atoms with Crippen LogP contribution in [-0.2, 0) is 10.2 Å². The number of nitrogens with zero attached hydrogens (tertiary/aromatic N) is 2. The molecule has 1 unspecified atom stereocenters. The summed E-state index contributed by atoms with van der Waals surface area (Å²) in [4.78, 5) is 28.3. The standard InChI is InChI=1S/C21H29N3O2/c1-23(2)20(26)24-11-9-21(10-12-24)14-15(13-19(25)22-16-7-8-16)17-5-3-4-6-18(17)21/h3-6,15-16H,7-14H2,1-2H3,(H,22,25). The second kappa shape index (κ2) is 6.60. The molecule has 26 heavy (non-hydrogen) atoms. The van der Waals surface area contributed by atoms with E-state index in [-0.39, 0.29) is 17.4 Å². The van der Waals surface area contributed by atoms with Gasteiger partial charge >= 0.3 is 6.03 Å². The van der Waals surface area contributed by atoms with Crippen molar-refractivity contribution in [3.8, 4) is 0 Å². The zero-order chi connectivity index (χ0) is 18.3. The highest BCUT2D eigenvalue weighted by Crippen LogP contribution is 2.52. The lowest BCUT2D eigenvalue weighted by molar-refractivity contribution is -0.121. The number of nitrogens with one attached hydrogen (secondary N) is 1. The Bertz CT molecular complexity index is 703. The van der Waals surface area contributed by atoms with Gasteiger partial charge in [0, 0.05) is 39.6 Å². The number of carbonyl (C=O) groups excluding carboxylic acids is 2. The lowest BCUT2D eigenvalue weighted by atomic mass is 9.73. The molecule has 5 heteroatoms. The summed E-state index contributed by atoms with van der Waals surface area (Å²) in [5.41, 5.74) is 2.90. The molecule has 1 N–H and O–H groups in total. The first kappa shape index (κ1) is 17.4. The number of likely N-dealkylation sites (tertiary alicyclic amines) is 1. The average molecular weight is 355 g/mol. The summed E-state index contributed by atoms with van der Waals surface area (Å²) in [6, 6.07) is 9.19. The number of hydrogen-bond acceptors (Lipinski definition) is 2. The molecule has 1 aromatic rings. The van der Waals surface area contributed by atoms with Crippen LogP contribution in [0.1, 0.15) is 55.6 Å². The molecule has 0 bridgehead atoms. The predicted molar refractivity (Wildman–Crippen MR) is 101 cm³/mol. The third-order valence-corrected chi connectivity index (χ3v) is 6.36. The van der Waals surface area contributed by atoms with Gasteiger partial charge < -0.3 is 15.1 Å². The molecular formula is C21H29N3O2. The van der Waals surface area contributed by atoms with Crippen molar-refractivity contribution in [2.24, 2.45) is 0 Å². The third kappa shape index (κ3) is 3.19. The predicted octanol–water partition coefficient (Wildman–Crippen LogP) is 2.86. The van der Waals surface area contributed by atoms with Crippen molar-refractivity contribution in [3.05, 3.63) is 35.4 Å². The van der Waals surface area contributed by atoms with E-state index in [2.05, 4.69) is 29.6 Å². The number of amides is 3. The van der Waals surface area contributed by atoms with Crippen molar-refractivity contribution >= 4 is 11.9 Å². The van der Waals surface area contributed by atoms with Gasteiger partial charge in [0.1, 0.15) is 0 Å². The van der Waals surface area contributed by atoms with Gasteiger partial charge in [-0.15, -0.1) is 0 Å². The molecule has 1 aromatic carbocycles. The summed E-state index contributed by atoms with van der Waals surface area (Å²) >= 11 is 0. The number of hydrogen-bond donors (Lipinski definition) is 1. The maximum absolute atomic E-state index is 12.4. The van der Waals surface area contributed by atoms with Gasteiger partial charge in [0.2, 0.25) is 5.91 Å². The molecule has 140 valence electrons. The molecule has 1 saturated heterocycles. The van der Waals surface area contributed by atoms with Crippen LogP contribution in [0, 0.1) is 0 Å². The Morgan fingerprint density at radius 1 is 1.19 bits per heavy atom. The van der Waals surface area contributed by atoms with Crippen molar-refractivity contribution in [1.82, 2.24) is 15.1 Å². The molecule has 3 amide bonds. The normalized spacial score (nSPS) is 23.6. The lowest BCUT2D eigenvalue weighted by Gasteiger charge is -2.41. The number of fused-ring (bicyclic) bond motifs is 2. The van der Waals surface area contributed by atoms with E-state index in [1.165, 1.54) is 11.1 Å². The first-order valence-electron chi connectivity index (χ1n) is 9.83. The van der Waals surface area contributed by atoms with Gasteiger partial charge in [-0.2, -0.15) is 0 Å². The second-order valence-electron chi connectivity index (χ2n) is 8.48. The van der Waals surface area contributed by atoms with E-state index < -0.39 is 0 Å². The van der Waals surface area contributed by atoms with Crippen LogP contribution in [0.4, 0.5) is 4.79 Å². The molecule has 2 fully saturated rings. The number of rotatable bonds is 3. The van der Waals surface area contributed by atoms with Crippen LogP contribution in [0.15, 0.2) is 24.3 Å². The van der Waals surface area contributed by atoms with Crippen molar-refractivity contribution in [2.45, 2.75) is 55.9 Å². The molecule has 0 radical (unpaired) electrons. The molecule has 1 heterocycles. The summed E-state index contributed by atoms with van der Waals surface area (Å²) in [5.74, 6) is 0.505. The first-order chi connectivity index (χ1) is 12.5. The van der Waals surface area contributed by atoms with E-state index in [9.17, 15) is 9.59 Å². The fraction of sp³-hybridized carbons (Fsp3) is 0.619. The smallest absolute Gasteiger partial charge is 0.319 e. The van der Waals surface area contributed by atoms with E-state index in [1.807, 2.05) is 19.0 Å². The Labute approximate surface area is 155 Å². The van der Waals surface area contributed by atoms with Crippen LogP contribution in [0.2, 0.25) is 0 Å². The molecule has 1 atom stereocenters. The minimum atomic E-state index is 0.103. The highest BCUT2D eigenvalue weighted by molar-refractivity contribution is 5.78. The van der Waals surface area contributed by atoms with Crippen LogP contribution >= 0.6 is 0 Å². The van der Waals surface area contributed by atoms with E-state index in [0.29, 0.717) is 18.4 Å². The molecule has 1 spiro atoms. The van der Waals surface area contributed by atoms with Crippen molar-refractivity contribution in [1.29, 1.82) is 0 Å². The number of benzene rings is 1. The summed E-state index contributed by atoms with van der Waals surface area (Å²) in [6.07, 6.45) is 5.87. The fourth-order valence-electron chi connectivity index (χ4n) is 4.83. The summed E-state index contributed by atoms with van der Waals surface area (Å²) < 4.78 is 0. The molecule has 2 aliphatic carbocycles. The highest BCUT2D eigenvalue weighted by Gasteiger charge is 2.46. The number of carbonyl (C=O) groups is 2. The maximum atomic E-state index is 12.4. The molecule has 4 rings (SSSR count). The van der Waals surface area contributed by atoms with Gasteiger partial charge in [0.15, 0.2) is 0 Å². The SMILES string of the molecule is CN(C)C(=O)N1CCC2(CC1)CC(CC(=O)NC1CC1)c1ccccc12. The Morgan fingerprint density at radius 2 is 1.88 bits per heavy atom. The molecule has 1 saturated carbocycles. The summed E-state index contributed by atoms with van der Waals surface area (Å²) in [5, 5.41) is 3.14. The minimum Gasteiger partial charge on any atom is -0.353 e. The average Bonchev–Trinajstić information content (AvgIpc) is 3.40. The van der Waals surface area contributed by atoms with Crippen LogP contribution in [-0.4, -0.2) is 55.0 Å². The number of urea groups is 1. The van der Waals surface area contributed by atoms with Crippen molar-refractivity contribution in [2.75, 3.05) is 27.2 Å². The molecule has 5 nitrogen and oxygen atoms in total. The van der Waals surface area contributed by atoms with Crippen LogP contribution in [0.25, 0.3) is 0 Å². The van der Waals surface area contributed by atoms with Crippen LogP contribution < -0.4 is 5.32 Å². The summed E-state index contributed by atoms with van der Waals surface area (Å²) in [6.45, 7) is 1.60. The van der Waals surface area contributed by atoms with E-state index in [0.717, 1.165) is 45.2 Å². The molecule has 1 aliphatic heterocycles. The fourth-order valence-corrected chi connectivity index (χ4v) is 4.83. The molecule has 3 aliphatic rings. The van der Waals surface area contributed by atoms with Crippen LogP contribution in [0.3, 0.4) is 0 Å². The van der Waals surface area contributed by atoms with Crippen molar-refractivity contribution in [3.63, 3.8) is 0 Å². The Balaban J connectivity index is 1.49. The van der Waals surface area contributed by atoms with Gasteiger partial charge in [-0.1, -0.05) is 24.3 Å². The highest BCUT2D eigenvalue weighted by atomic mass is 16.2. The zero-order valence-corrected chi connectivity index (χ0v) is 15.8. The zero-order valence-electron chi connectivity index (χ0n) is 15.8. The largest absolute Gasteiger partial charge is 0.353 e. The van der Waals surface area contributed by atoms with E-state index in [1.54, 1.807) is 4.90 Å². The Kier molecular flexibility index (Phi) is 4.41. The van der Waals surface area contributed by atoms with E-state index in [4.69, 9.17) is 0 Å². The second-order valence-corrected chi connectivity index (χ2v) is 8.48. The third-order valence-electron chi connectivity index (χ3n) is 6.36. The van der Waals surface area contributed by atoms with Gasteiger partial charge in [-0.3, -0.25) is 4.79 Å². The quantitative estimate of drug-likeness (QED) is 0.906. The van der Waals surface area contributed by atoms with Crippen molar-refractivity contribution < 1.29 is 9.59 Å². The van der Waals surface area contributed by atoms with Gasteiger partial charge in [-0.25, -0.2) is 4.79 Å². The van der Waals surface area contributed by atoms with Gasteiger partial charge in [0.25, 0.3) is 0 Å². The van der Waals surface area contributed by atoms with E-state index >= 15 is 0 Å². The van der Waals surface area contributed by atoms with Crippen LogP contribution in [0.5, 0.6) is 0 Å². The molecular weight excluding hydrogens is 326 g/mol. The lowest BCUT2D eigenvalue weighted by Crippen LogP contribution is -2.47. The summed E-state index contributed by atoms with van der Waals surface area (Å²) in [7, 11) is 3.62. The Hall–Kier alpha value is -2.04. The molecule has 0 aromatic heterocycles. The topological polar surface area (TPSA) is 52.7 Å². The minimum absolute atomic E-state index is 0.103. The monoisotopic (exact) mass is 355 g/mol.